The van der Waals surface area contributed by atoms with E-state index in [2.05, 4.69) is 11.7 Å². The van der Waals surface area contributed by atoms with Crippen LogP contribution in [0.15, 0.2) is 12.1 Å². The van der Waals surface area contributed by atoms with Crippen LogP contribution in [0.2, 0.25) is 0 Å². The Morgan fingerprint density at radius 1 is 1.28 bits per heavy atom. The number of rotatable bonds is 6. The number of hydrogen-bond acceptors (Lipinski definition) is 3. The molecule has 0 heterocycles. The highest BCUT2D eigenvalue weighted by Gasteiger charge is 2.14. The number of hydrogen-bond donors (Lipinski definition) is 2. The minimum absolute atomic E-state index is 0.0126. The third-order valence-corrected chi connectivity index (χ3v) is 2.94. The smallest absolute Gasteiger partial charge is 0.504 e. The zero-order chi connectivity index (χ0) is 13.5. The molecule has 1 aromatic rings. The fourth-order valence-electron chi connectivity index (χ4n) is 2.03. The maximum absolute atomic E-state index is 10.5. The molecule has 0 unspecified atom stereocenters. The molecule has 0 aromatic heterocycles. The summed E-state index contributed by atoms with van der Waals surface area (Å²) in [6, 6.07) is 3.36. The number of phenols is 1. The van der Waals surface area contributed by atoms with Crippen LogP contribution in [0.1, 0.15) is 44.2 Å². The van der Waals surface area contributed by atoms with Crippen LogP contribution in [0, 0.1) is 0 Å². The standard InChI is InChI=1S/C14H20O4/c1-3-5-6-7-10-8-9-12(18-14(16)17)13(15)11(10)4-2/h8-9,15H,3-7H2,1-2H3,(H,16,17). The van der Waals surface area contributed by atoms with Gasteiger partial charge in [0.25, 0.3) is 0 Å². The molecule has 0 aliphatic rings. The number of aromatic hydroxyl groups is 1. The summed E-state index contributed by atoms with van der Waals surface area (Å²) in [7, 11) is 0. The Kier molecular flexibility index (Phi) is 5.49. The lowest BCUT2D eigenvalue weighted by Gasteiger charge is -2.12. The molecule has 0 amide bonds. The van der Waals surface area contributed by atoms with Crippen LogP contribution in [0.4, 0.5) is 4.79 Å². The fourth-order valence-corrected chi connectivity index (χ4v) is 2.03. The molecule has 0 bridgehead atoms. The lowest BCUT2D eigenvalue weighted by Crippen LogP contribution is -2.05. The van der Waals surface area contributed by atoms with Gasteiger partial charge in [0.2, 0.25) is 0 Å². The van der Waals surface area contributed by atoms with Gasteiger partial charge in [-0.2, -0.15) is 0 Å². The Morgan fingerprint density at radius 2 is 2.00 bits per heavy atom. The van der Waals surface area contributed by atoms with Gasteiger partial charge in [-0.1, -0.05) is 32.8 Å². The molecule has 1 aromatic carbocycles. The molecular weight excluding hydrogens is 232 g/mol. The molecule has 1 rings (SSSR count). The highest BCUT2D eigenvalue weighted by atomic mass is 16.7. The Hall–Kier alpha value is -1.71. The molecule has 4 nitrogen and oxygen atoms in total. The zero-order valence-corrected chi connectivity index (χ0v) is 10.9. The maximum atomic E-state index is 10.5. The van der Waals surface area contributed by atoms with Crippen LogP contribution in [-0.4, -0.2) is 16.4 Å². The molecule has 100 valence electrons. The minimum atomic E-state index is -1.41. The highest BCUT2D eigenvalue weighted by Crippen LogP contribution is 2.33. The monoisotopic (exact) mass is 252 g/mol. The predicted molar refractivity (Wildman–Crippen MR) is 69.4 cm³/mol. The second-order valence-electron chi connectivity index (χ2n) is 4.23. The van der Waals surface area contributed by atoms with E-state index in [1.807, 2.05) is 13.0 Å². The molecule has 0 fully saturated rings. The largest absolute Gasteiger partial charge is 0.511 e. The summed E-state index contributed by atoms with van der Waals surface area (Å²) >= 11 is 0. The summed E-state index contributed by atoms with van der Waals surface area (Å²) < 4.78 is 4.53. The molecule has 0 saturated heterocycles. The van der Waals surface area contributed by atoms with Gasteiger partial charge < -0.3 is 14.9 Å². The summed E-state index contributed by atoms with van der Waals surface area (Å²) in [5.41, 5.74) is 1.85. The number of benzene rings is 1. The van der Waals surface area contributed by atoms with Gasteiger partial charge in [0, 0.05) is 5.56 Å². The quantitative estimate of drug-likeness (QED) is 0.459. The van der Waals surface area contributed by atoms with Gasteiger partial charge in [-0.25, -0.2) is 4.79 Å². The molecule has 0 aliphatic carbocycles. The van der Waals surface area contributed by atoms with Crippen molar-refractivity contribution >= 4 is 6.16 Å². The molecule has 18 heavy (non-hydrogen) atoms. The van der Waals surface area contributed by atoms with Crippen molar-refractivity contribution < 1.29 is 19.7 Å². The van der Waals surface area contributed by atoms with Crippen molar-refractivity contribution in [3.63, 3.8) is 0 Å². The second kappa shape index (κ2) is 6.89. The van der Waals surface area contributed by atoms with Crippen LogP contribution in [0.3, 0.4) is 0 Å². The van der Waals surface area contributed by atoms with Crippen molar-refractivity contribution in [2.75, 3.05) is 0 Å². The van der Waals surface area contributed by atoms with E-state index in [1.54, 1.807) is 0 Å². The number of aryl methyl sites for hydroxylation is 1. The van der Waals surface area contributed by atoms with Crippen molar-refractivity contribution in [1.82, 2.24) is 0 Å². The minimum Gasteiger partial charge on any atom is -0.504 e. The first-order chi connectivity index (χ1) is 8.60. The summed E-state index contributed by atoms with van der Waals surface area (Å²) in [6.07, 6.45) is 3.51. The summed E-state index contributed by atoms with van der Waals surface area (Å²) in [5.74, 6) is -0.0347. The summed E-state index contributed by atoms with van der Waals surface area (Å²) in [5, 5.41) is 18.6. The van der Waals surface area contributed by atoms with E-state index >= 15 is 0 Å². The Balaban J connectivity index is 2.93. The highest BCUT2D eigenvalue weighted by molar-refractivity contribution is 5.64. The average Bonchev–Trinajstić information content (AvgIpc) is 2.32. The first-order valence-electron chi connectivity index (χ1n) is 6.34. The lowest BCUT2D eigenvalue weighted by molar-refractivity contribution is 0.143. The van der Waals surface area contributed by atoms with E-state index in [0.717, 1.165) is 36.8 Å². The van der Waals surface area contributed by atoms with E-state index in [4.69, 9.17) is 5.11 Å². The number of carboxylic acid groups (broad SMARTS) is 1. The molecule has 0 radical (unpaired) electrons. The van der Waals surface area contributed by atoms with Gasteiger partial charge in [-0.3, -0.25) is 0 Å². The maximum Gasteiger partial charge on any atom is 0.511 e. The normalized spacial score (nSPS) is 10.3. The topological polar surface area (TPSA) is 66.8 Å². The first-order valence-corrected chi connectivity index (χ1v) is 6.34. The van der Waals surface area contributed by atoms with Crippen molar-refractivity contribution in [2.45, 2.75) is 46.0 Å². The Labute approximate surface area is 107 Å². The molecule has 2 N–H and O–H groups in total. The van der Waals surface area contributed by atoms with Gasteiger partial charge in [-0.05, 0) is 30.9 Å². The molecule has 0 saturated carbocycles. The Bertz CT molecular complexity index is 413. The number of carbonyl (C=O) groups is 1. The molecule has 0 atom stereocenters. The van der Waals surface area contributed by atoms with E-state index in [9.17, 15) is 9.90 Å². The van der Waals surface area contributed by atoms with E-state index in [0.29, 0.717) is 6.42 Å². The summed E-state index contributed by atoms with van der Waals surface area (Å²) in [4.78, 5) is 10.5. The molecular formula is C14H20O4. The van der Waals surface area contributed by atoms with Crippen LogP contribution >= 0.6 is 0 Å². The number of ether oxygens (including phenoxy) is 1. The van der Waals surface area contributed by atoms with Crippen LogP contribution in [-0.2, 0) is 12.8 Å². The SMILES string of the molecule is CCCCCc1ccc(OC(=O)O)c(O)c1CC. The van der Waals surface area contributed by atoms with Crippen LogP contribution in [0.25, 0.3) is 0 Å². The fraction of sp³-hybridized carbons (Fsp3) is 0.500. The van der Waals surface area contributed by atoms with Gasteiger partial charge in [0.1, 0.15) is 0 Å². The third-order valence-electron chi connectivity index (χ3n) is 2.94. The molecule has 4 heteroatoms. The number of phenolic OH excluding ortho intramolecular Hbond substituents is 1. The third kappa shape index (κ3) is 3.65. The van der Waals surface area contributed by atoms with Crippen molar-refractivity contribution in [3.8, 4) is 11.5 Å². The Morgan fingerprint density at radius 3 is 2.56 bits per heavy atom. The second-order valence-corrected chi connectivity index (χ2v) is 4.23. The molecule has 0 spiro atoms. The van der Waals surface area contributed by atoms with Gasteiger partial charge in [0.15, 0.2) is 11.5 Å². The van der Waals surface area contributed by atoms with Crippen LogP contribution < -0.4 is 4.74 Å². The zero-order valence-electron chi connectivity index (χ0n) is 10.9. The first kappa shape index (κ1) is 14.4. The molecule has 0 aliphatic heterocycles. The average molecular weight is 252 g/mol. The summed E-state index contributed by atoms with van der Waals surface area (Å²) in [6.45, 7) is 4.07. The van der Waals surface area contributed by atoms with Crippen molar-refractivity contribution in [3.05, 3.63) is 23.3 Å². The van der Waals surface area contributed by atoms with E-state index in [-0.39, 0.29) is 11.5 Å². The van der Waals surface area contributed by atoms with E-state index < -0.39 is 6.16 Å². The van der Waals surface area contributed by atoms with Crippen molar-refractivity contribution in [1.29, 1.82) is 0 Å². The van der Waals surface area contributed by atoms with Gasteiger partial charge >= 0.3 is 6.16 Å². The van der Waals surface area contributed by atoms with Crippen molar-refractivity contribution in [2.24, 2.45) is 0 Å². The van der Waals surface area contributed by atoms with Gasteiger partial charge in [0.05, 0.1) is 0 Å². The predicted octanol–water partition coefficient (Wildman–Crippen LogP) is 3.74. The lowest BCUT2D eigenvalue weighted by atomic mass is 9.98. The number of unbranched alkanes of at least 4 members (excludes halogenated alkanes) is 2. The van der Waals surface area contributed by atoms with E-state index in [1.165, 1.54) is 6.07 Å². The van der Waals surface area contributed by atoms with Crippen LogP contribution in [0.5, 0.6) is 11.5 Å². The van der Waals surface area contributed by atoms with Gasteiger partial charge in [-0.15, -0.1) is 0 Å².